The fourth-order valence-electron chi connectivity index (χ4n) is 0.663. The van der Waals surface area contributed by atoms with Crippen molar-refractivity contribution in [3.05, 3.63) is 37.2 Å². The van der Waals surface area contributed by atoms with E-state index in [4.69, 9.17) is 11.6 Å². The summed E-state index contributed by atoms with van der Waals surface area (Å²) in [6.45, 7) is 1.45. The largest absolute Gasteiger partial charge is 0.259 e. The fourth-order valence-corrected chi connectivity index (χ4v) is 1.73. The lowest BCUT2D eigenvalue weighted by molar-refractivity contribution is -0.422. The Morgan fingerprint density at radius 2 is 2.50 bits per heavy atom. The molecule has 0 saturated carbocycles. The smallest absolute Gasteiger partial charge is 0.244 e. The van der Waals surface area contributed by atoms with Crippen LogP contribution in [0.25, 0.3) is 6.08 Å². The third kappa shape index (κ3) is 2.32. The van der Waals surface area contributed by atoms with Gasteiger partial charge in [0.05, 0.1) is 9.95 Å². The molecule has 0 atom stereocenters. The van der Waals surface area contributed by atoms with E-state index in [1.54, 1.807) is 11.4 Å². The van der Waals surface area contributed by atoms with Gasteiger partial charge in [0.2, 0.25) is 5.70 Å². The van der Waals surface area contributed by atoms with Gasteiger partial charge in [-0.05, 0) is 6.07 Å². The van der Waals surface area contributed by atoms with Crippen molar-refractivity contribution in [1.29, 1.82) is 0 Å². The highest BCUT2D eigenvalue weighted by Gasteiger charge is 2.03. The maximum Gasteiger partial charge on any atom is 0.244 e. The molecule has 64 valence electrons. The van der Waals surface area contributed by atoms with E-state index < -0.39 is 4.92 Å². The number of hydrogen-bond donors (Lipinski definition) is 0. The molecule has 0 aromatic carbocycles. The molecule has 3 nitrogen and oxygen atoms in total. The molecule has 1 aromatic rings. The summed E-state index contributed by atoms with van der Waals surface area (Å²) in [5.41, 5.74) is 0.119. The molecule has 12 heavy (non-hydrogen) atoms. The van der Waals surface area contributed by atoms with Gasteiger partial charge >= 0.3 is 0 Å². The third-order valence-corrected chi connectivity index (χ3v) is 2.45. The maximum atomic E-state index is 10.2. The molecule has 1 rings (SSSR count). The molecule has 0 unspecified atom stereocenters. The Kier molecular flexibility index (Phi) is 2.83. The molecule has 0 aliphatic carbocycles. The maximum absolute atomic E-state index is 10.2. The number of hydrogen-bond acceptors (Lipinski definition) is 3. The predicted molar refractivity (Wildman–Crippen MR) is 50.0 cm³/mol. The lowest BCUT2D eigenvalue weighted by atomic mass is 10.4. The number of thiophene rings is 1. The zero-order valence-electron chi connectivity index (χ0n) is 6.28. The van der Waals surface area contributed by atoms with Crippen LogP contribution in [0.15, 0.2) is 17.1 Å². The van der Waals surface area contributed by atoms with Crippen LogP contribution in [0.5, 0.6) is 0 Å². The molecule has 0 N–H and O–H groups in total. The van der Waals surface area contributed by atoms with Gasteiger partial charge in [-0.25, -0.2) is 0 Å². The molecule has 5 heteroatoms. The van der Waals surface area contributed by atoms with Crippen molar-refractivity contribution in [2.75, 3.05) is 0 Å². The van der Waals surface area contributed by atoms with Crippen molar-refractivity contribution < 1.29 is 4.92 Å². The number of nitrogens with zero attached hydrogens (tertiary/aromatic N) is 1. The number of nitro groups is 1. The monoisotopic (exact) mass is 203 g/mol. The van der Waals surface area contributed by atoms with Gasteiger partial charge < -0.3 is 0 Å². The van der Waals surface area contributed by atoms with Crippen LogP contribution < -0.4 is 0 Å². The van der Waals surface area contributed by atoms with Crippen LogP contribution in [0.3, 0.4) is 0 Å². The first kappa shape index (κ1) is 9.22. The van der Waals surface area contributed by atoms with Gasteiger partial charge in [0, 0.05) is 23.3 Å². The summed E-state index contributed by atoms with van der Waals surface area (Å²) in [4.78, 5) is 10.6. The zero-order valence-corrected chi connectivity index (χ0v) is 7.85. The van der Waals surface area contributed by atoms with Crippen LogP contribution in [0.1, 0.15) is 11.8 Å². The minimum atomic E-state index is -0.423. The summed E-state index contributed by atoms with van der Waals surface area (Å²) in [5.74, 6) is 0. The Labute approximate surface area is 78.4 Å². The molecule has 0 aliphatic rings. The summed E-state index contributed by atoms with van der Waals surface area (Å²) in [6.07, 6.45) is 1.50. The first-order valence-electron chi connectivity index (χ1n) is 3.16. The molecule has 0 bridgehead atoms. The van der Waals surface area contributed by atoms with Crippen molar-refractivity contribution in [2.24, 2.45) is 0 Å². The Morgan fingerprint density at radius 3 is 2.92 bits per heavy atom. The highest BCUT2D eigenvalue weighted by Crippen LogP contribution is 2.21. The highest BCUT2D eigenvalue weighted by atomic mass is 35.5. The quantitative estimate of drug-likeness (QED) is 0.548. The van der Waals surface area contributed by atoms with Crippen LogP contribution in [0.2, 0.25) is 5.02 Å². The van der Waals surface area contributed by atoms with E-state index in [1.807, 2.05) is 0 Å². The third-order valence-electron chi connectivity index (χ3n) is 1.23. The van der Waals surface area contributed by atoms with Gasteiger partial charge in [-0.3, -0.25) is 10.1 Å². The number of halogens is 1. The SMILES string of the molecule is CC(=Cc1cc(Cl)cs1)[N+](=O)[O-]. The lowest BCUT2D eigenvalue weighted by Crippen LogP contribution is -1.91. The van der Waals surface area contributed by atoms with Gasteiger partial charge in [0.25, 0.3) is 0 Å². The van der Waals surface area contributed by atoms with Gasteiger partial charge in [-0.2, -0.15) is 0 Å². The Bertz CT molecular complexity index is 332. The van der Waals surface area contributed by atoms with Crippen molar-refractivity contribution >= 4 is 29.0 Å². The summed E-state index contributed by atoms with van der Waals surface area (Å²) in [6, 6.07) is 1.69. The van der Waals surface area contributed by atoms with E-state index >= 15 is 0 Å². The first-order chi connectivity index (χ1) is 5.59. The normalized spacial score (nSPS) is 11.7. The molecule has 0 fully saturated rings. The Morgan fingerprint density at radius 1 is 1.83 bits per heavy atom. The van der Waals surface area contributed by atoms with E-state index in [0.29, 0.717) is 5.02 Å². The van der Waals surface area contributed by atoms with Crippen LogP contribution in [0.4, 0.5) is 0 Å². The minimum absolute atomic E-state index is 0.119. The summed E-state index contributed by atoms with van der Waals surface area (Å²) in [7, 11) is 0. The number of rotatable bonds is 2. The van der Waals surface area contributed by atoms with E-state index in [-0.39, 0.29) is 5.70 Å². The van der Waals surface area contributed by atoms with Crippen molar-refractivity contribution in [1.82, 2.24) is 0 Å². The van der Waals surface area contributed by atoms with E-state index in [2.05, 4.69) is 0 Å². The van der Waals surface area contributed by atoms with Crippen LogP contribution in [-0.2, 0) is 0 Å². The molecule has 0 radical (unpaired) electrons. The second-order valence-electron chi connectivity index (χ2n) is 2.21. The highest BCUT2D eigenvalue weighted by molar-refractivity contribution is 7.11. The summed E-state index contributed by atoms with van der Waals surface area (Å²) < 4.78 is 0. The summed E-state index contributed by atoms with van der Waals surface area (Å²) in [5, 5.41) is 12.6. The van der Waals surface area contributed by atoms with E-state index in [1.165, 1.54) is 24.3 Å². The van der Waals surface area contributed by atoms with E-state index in [0.717, 1.165) is 4.88 Å². The van der Waals surface area contributed by atoms with Crippen LogP contribution in [0, 0.1) is 10.1 Å². The molecular formula is C7H6ClNO2S. The second kappa shape index (κ2) is 3.69. The average molecular weight is 204 g/mol. The fraction of sp³-hybridized carbons (Fsp3) is 0.143. The van der Waals surface area contributed by atoms with Crippen molar-refractivity contribution in [3.8, 4) is 0 Å². The average Bonchev–Trinajstić information content (AvgIpc) is 2.35. The lowest BCUT2D eigenvalue weighted by Gasteiger charge is -1.86. The molecule has 0 spiro atoms. The van der Waals surface area contributed by atoms with Crippen molar-refractivity contribution in [3.63, 3.8) is 0 Å². The minimum Gasteiger partial charge on any atom is -0.259 e. The Hall–Kier alpha value is -0.870. The zero-order chi connectivity index (χ0) is 9.14. The van der Waals surface area contributed by atoms with Gasteiger partial charge in [0.1, 0.15) is 0 Å². The molecule has 0 aliphatic heterocycles. The van der Waals surface area contributed by atoms with Crippen molar-refractivity contribution in [2.45, 2.75) is 6.92 Å². The molecule has 1 aromatic heterocycles. The molecule has 1 heterocycles. The molecule has 0 saturated heterocycles. The number of allylic oxidation sites excluding steroid dienone is 1. The molecular weight excluding hydrogens is 198 g/mol. The standard InChI is InChI=1S/C7H6ClNO2S/c1-5(9(10)11)2-7-3-6(8)4-12-7/h2-4H,1H3. The second-order valence-corrected chi connectivity index (χ2v) is 3.59. The van der Waals surface area contributed by atoms with Gasteiger partial charge in [0.15, 0.2) is 0 Å². The molecule has 0 amide bonds. The van der Waals surface area contributed by atoms with Crippen LogP contribution >= 0.6 is 22.9 Å². The van der Waals surface area contributed by atoms with Gasteiger partial charge in [-0.1, -0.05) is 11.6 Å². The first-order valence-corrected chi connectivity index (χ1v) is 4.42. The van der Waals surface area contributed by atoms with Gasteiger partial charge in [-0.15, -0.1) is 11.3 Å². The summed E-state index contributed by atoms with van der Waals surface area (Å²) >= 11 is 7.02. The van der Waals surface area contributed by atoms with E-state index in [9.17, 15) is 10.1 Å². The predicted octanol–water partition coefficient (Wildman–Crippen LogP) is 3.04. The van der Waals surface area contributed by atoms with Crippen LogP contribution in [-0.4, -0.2) is 4.92 Å². The topological polar surface area (TPSA) is 43.1 Å². The Balaban J connectivity index is 2.87.